The number of fused-ring (bicyclic) bond motifs is 1. The molecule has 3 aromatic rings. The molecular formula is C22H25N3O2S. The van der Waals surface area contributed by atoms with Crippen molar-refractivity contribution >= 4 is 17.2 Å². The summed E-state index contributed by atoms with van der Waals surface area (Å²) in [5, 5.41) is 5.07. The average Bonchev–Trinajstić information content (AvgIpc) is 3.34. The summed E-state index contributed by atoms with van der Waals surface area (Å²) < 4.78 is 7.39. The summed E-state index contributed by atoms with van der Waals surface area (Å²) in [6.07, 6.45) is 0.952. The number of rotatable bonds is 6. The van der Waals surface area contributed by atoms with Crippen LogP contribution in [0, 0.1) is 0 Å². The maximum atomic E-state index is 12.7. The minimum atomic E-state index is -0.00959. The smallest absolute Gasteiger partial charge is 0.268 e. The number of ether oxygens (including phenoxy) is 1. The van der Waals surface area contributed by atoms with Gasteiger partial charge in [0.05, 0.1) is 13.7 Å². The molecule has 0 fully saturated rings. The van der Waals surface area contributed by atoms with Crippen molar-refractivity contribution in [1.82, 2.24) is 14.8 Å². The summed E-state index contributed by atoms with van der Waals surface area (Å²) in [6, 6.07) is 14.3. The Morgan fingerprint density at radius 1 is 1.25 bits per heavy atom. The number of nitrogens with one attached hydrogen (secondary N) is 1. The lowest BCUT2D eigenvalue weighted by Crippen LogP contribution is -2.30. The van der Waals surface area contributed by atoms with Crippen molar-refractivity contribution in [1.29, 1.82) is 0 Å². The van der Waals surface area contributed by atoms with Crippen molar-refractivity contribution in [2.75, 3.05) is 13.7 Å². The van der Waals surface area contributed by atoms with Crippen LogP contribution in [0.1, 0.15) is 32.2 Å². The van der Waals surface area contributed by atoms with E-state index in [1.165, 1.54) is 16.8 Å². The quantitative estimate of drug-likeness (QED) is 0.694. The molecule has 0 spiro atoms. The Balaban J connectivity index is 1.44. The molecule has 0 unspecified atom stereocenters. The molecule has 2 aromatic heterocycles. The Morgan fingerprint density at radius 3 is 2.93 bits per heavy atom. The lowest BCUT2D eigenvalue weighted by Gasteiger charge is -2.27. The topological polar surface area (TPSA) is 46.5 Å². The molecule has 0 radical (unpaired) electrons. The van der Waals surface area contributed by atoms with Gasteiger partial charge in [0.15, 0.2) is 0 Å². The van der Waals surface area contributed by atoms with Crippen LogP contribution >= 0.6 is 11.3 Å². The fraction of sp³-hybridized carbons (Fsp3) is 0.318. The zero-order valence-corrected chi connectivity index (χ0v) is 17.1. The number of hydrogen-bond acceptors (Lipinski definition) is 4. The van der Waals surface area contributed by atoms with E-state index in [9.17, 15) is 4.79 Å². The number of thiophene rings is 1. The van der Waals surface area contributed by atoms with E-state index < -0.39 is 0 Å². The number of carbonyl (C=O) groups excluding carboxylic acids is 1. The molecule has 3 heterocycles. The van der Waals surface area contributed by atoms with Gasteiger partial charge in [-0.05, 0) is 40.8 Å². The number of benzene rings is 1. The minimum absolute atomic E-state index is 0.00959. The van der Waals surface area contributed by atoms with Crippen LogP contribution in [0.3, 0.4) is 0 Å². The van der Waals surface area contributed by atoms with Gasteiger partial charge in [-0.15, -0.1) is 11.3 Å². The Kier molecular flexibility index (Phi) is 5.50. The Hall–Kier alpha value is -2.57. The number of aromatic nitrogens is 1. The third-order valence-electron chi connectivity index (χ3n) is 5.28. The average molecular weight is 396 g/mol. The van der Waals surface area contributed by atoms with Crippen LogP contribution in [0.15, 0.2) is 47.8 Å². The highest BCUT2D eigenvalue weighted by molar-refractivity contribution is 7.09. The van der Waals surface area contributed by atoms with Gasteiger partial charge in [0.25, 0.3) is 5.91 Å². The second-order valence-corrected chi connectivity index (χ2v) is 8.17. The largest absolute Gasteiger partial charge is 0.497 e. The summed E-state index contributed by atoms with van der Waals surface area (Å²) >= 11 is 1.66. The molecule has 6 heteroatoms. The molecule has 1 aliphatic heterocycles. The second-order valence-electron chi connectivity index (χ2n) is 7.13. The van der Waals surface area contributed by atoms with Crippen LogP contribution in [0.2, 0.25) is 0 Å². The van der Waals surface area contributed by atoms with Gasteiger partial charge in [0.1, 0.15) is 11.4 Å². The molecule has 0 bridgehead atoms. The monoisotopic (exact) mass is 395 g/mol. The summed E-state index contributed by atoms with van der Waals surface area (Å²) in [5.41, 5.74) is 4.50. The number of carbonyl (C=O) groups is 1. The van der Waals surface area contributed by atoms with Crippen LogP contribution in [-0.2, 0) is 33.1 Å². The third-order valence-corrected chi connectivity index (χ3v) is 6.16. The van der Waals surface area contributed by atoms with E-state index in [-0.39, 0.29) is 5.91 Å². The maximum Gasteiger partial charge on any atom is 0.268 e. The number of hydrogen-bond donors (Lipinski definition) is 1. The standard InChI is InChI=1S/C22H25N3O2S/c1-24-20-8-9-25(14-16-5-3-6-18(11-16)27-2)15-17(20)12-21(24)22(26)23-13-19-7-4-10-28-19/h3-7,10-12H,8-9,13-15H2,1-2H3,(H,23,26). The summed E-state index contributed by atoms with van der Waals surface area (Å²) in [4.78, 5) is 16.3. The molecule has 5 nitrogen and oxygen atoms in total. The van der Waals surface area contributed by atoms with Gasteiger partial charge in [0.2, 0.25) is 0 Å². The molecule has 0 atom stereocenters. The lowest BCUT2D eigenvalue weighted by molar-refractivity contribution is 0.0943. The van der Waals surface area contributed by atoms with Crippen molar-refractivity contribution < 1.29 is 9.53 Å². The lowest BCUT2D eigenvalue weighted by atomic mass is 10.1. The van der Waals surface area contributed by atoms with Crippen LogP contribution in [0.4, 0.5) is 0 Å². The van der Waals surface area contributed by atoms with Crippen molar-refractivity contribution in [3.05, 3.63) is 75.2 Å². The highest BCUT2D eigenvalue weighted by Crippen LogP contribution is 2.24. The minimum Gasteiger partial charge on any atom is -0.497 e. The van der Waals surface area contributed by atoms with Crippen LogP contribution in [0.5, 0.6) is 5.75 Å². The molecule has 1 aromatic carbocycles. The SMILES string of the molecule is COc1cccc(CN2CCc3c(cc(C(=O)NCc4cccs4)n3C)C2)c1. The Bertz CT molecular complexity index is 962. The molecule has 0 saturated heterocycles. The van der Waals surface area contributed by atoms with E-state index in [0.717, 1.165) is 42.4 Å². The summed E-state index contributed by atoms with van der Waals surface area (Å²) in [6.45, 7) is 3.30. The van der Waals surface area contributed by atoms with E-state index in [4.69, 9.17) is 4.74 Å². The van der Waals surface area contributed by atoms with E-state index in [2.05, 4.69) is 33.0 Å². The fourth-order valence-corrected chi connectivity index (χ4v) is 4.45. The first-order chi connectivity index (χ1) is 13.6. The van der Waals surface area contributed by atoms with Gasteiger partial charge < -0.3 is 14.6 Å². The van der Waals surface area contributed by atoms with E-state index in [0.29, 0.717) is 6.54 Å². The molecule has 0 aliphatic carbocycles. The van der Waals surface area contributed by atoms with Crippen LogP contribution in [-0.4, -0.2) is 29.0 Å². The van der Waals surface area contributed by atoms with Crippen molar-refractivity contribution in [3.8, 4) is 5.75 Å². The number of methoxy groups -OCH3 is 1. The first-order valence-corrected chi connectivity index (χ1v) is 10.4. The van der Waals surface area contributed by atoms with Crippen LogP contribution < -0.4 is 10.1 Å². The van der Waals surface area contributed by atoms with Crippen LogP contribution in [0.25, 0.3) is 0 Å². The zero-order valence-electron chi connectivity index (χ0n) is 16.3. The van der Waals surface area contributed by atoms with Gasteiger partial charge >= 0.3 is 0 Å². The Morgan fingerprint density at radius 2 is 2.14 bits per heavy atom. The van der Waals surface area contributed by atoms with Gasteiger partial charge in [-0.2, -0.15) is 0 Å². The third kappa shape index (κ3) is 3.98. The van der Waals surface area contributed by atoms with Crippen molar-refractivity contribution in [2.24, 2.45) is 7.05 Å². The molecular weight excluding hydrogens is 370 g/mol. The molecule has 4 rings (SSSR count). The van der Waals surface area contributed by atoms with E-state index in [1.807, 2.05) is 36.7 Å². The molecule has 0 saturated carbocycles. The van der Waals surface area contributed by atoms with Gasteiger partial charge in [-0.3, -0.25) is 9.69 Å². The van der Waals surface area contributed by atoms with Crippen molar-refractivity contribution in [3.63, 3.8) is 0 Å². The molecule has 1 amide bonds. The van der Waals surface area contributed by atoms with Gasteiger partial charge in [-0.25, -0.2) is 0 Å². The fourth-order valence-electron chi connectivity index (χ4n) is 3.81. The van der Waals surface area contributed by atoms with Gasteiger partial charge in [-0.1, -0.05) is 18.2 Å². The highest BCUT2D eigenvalue weighted by Gasteiger charge is 2.23. The second kappa shape index (κ2) is 8.20. The van der Waals surface area contributed by atoms with Crippen molar-refractivity contribution in [2.45, 2.75) is 26.1 Å². The first kappa shape index (κ1) is 18.8. The maximum absolute atomic E-state index is 12.7. The number of amides is 1. The normalized spacial score (nSPS) is 13.9. The predicted octanol–water partition coefficient (Wildman–Crippen LogP) is 3.58. The molecule has 28 heavy (non-hydrogen) atoms. The van der Waals surface area contributed by atoms with Gasteiger partial charge in [0, 0.05) is 43.7 Å². The molecule has 1 N–H and O–H groups in total. The predicted molar refractivity (Wildman–Crippen MR) is 112 cm³/mol. The molecule has 146 valence electrons. The zero-order chi connectivity index (χ0) is 19.5. The van der Waals surface area contributed by atoms with E-state index in [1.54, 1.807) is 18.4 Å². The first-order valence-electron chi connectivity index (χ1n) is 9.47. The summed E-state index contributed by atoms with van der Waals surface area (Å²) in [7, 11) is 3.69. The van der Waals surface area contributed by atoms with E-state index >= 15 is 0 Å². The summed E-state index contributed by atoms with van der Waals surface area (Å²) in [5.74, 6) is 0.879. The Labute approximate surface area is 169 Å². The molecule has 1 aliphatic rings. The number of nitrogens with zero attached hydrogens (tertiary/aromatic N) is 2. The highest BCUT2D eigenvalue weighted by atomic mass is 32.1.